The van der Waals surface area contributed by atoms with Gasteiger partial charge in [-0.1, -0.05) is 34.5 Å². The first kappa shape index (κ1) is 21.3. The fourth-order valence-electron chi connectivity index (χ4n) is 3.35. The van der Waals surface area contributed by atoms with E-state index in [1.165, 1.54) is 34.9 Å². The zero-order valence-corrected chi connectivity index (χ0v) is 18.9. The molecule has 30 heavy (non-hydrogen) atoms. The number of amides is 1. The number of thiazole rings is 1. The number of hydrogen-bond acceptors (Lipinski definition) is 6. The highest BCUT2D eigenvalue weighted by Crippen LogP contribution is 2.36. The Morgan fingerprint density at radius 3 is 2.67 bits per heavy atom. The summed E-state index contributed by atoms with van der Waals surface area (Å²) < 4.78 is 33.3. The number of aromatic nitrogens is 1. The third-order valence-electron chi connectivity index (χ3n) is 4.85. The number of ether oxygens (including phenoxy) is 1. The molecule has 1 fully saturated rings. The molecule has 1 aliphatic rings. The van der Waals surface area contributed by atoms with Crippen molar-refractivity contribution in [2.75, 3.05) is 19.0 Å². The van der Waals surface area contributed by atoms with E-state index in [-0.39, 0.29) is 11.4 Å². The van der Waals surface area contributed by atoms with Crippen LogP contribution < -0.4 is 10.1 Å². The van der Waals surface area contributed by atoms with Crippen molar-refractivity contribution < 1.29 is 17.9 Å². The molecule has 1 aromatic heterocycles. The summed E-state index contributed by atoms with van der Waals surface area (Å²) >= 11 is 13.4. The Hall–Kier alpha value is -1.91. The monoisotopic (exact) mass is 485 g/mol. The second-order valence-corrected chi connectivity index (χ2v) is 10.4. The van der Waals surface area contributed by atoms with E-state index in [4.69, 9.17) is 27.9 Å². The predicted molar refractivity (Wildman–Crippen MR) is 118 cm³/mol. The smallest absolute Gasteiger partial charge is 0.244 e. The minimum absolute atomic E-state index is 0.115. The van der Waals surface area contributed by atoms with Crippen LogP contribution in [0.2, 0.25) is 10.0 Å². The van der Waals surface area contributed by atoms with Crippen molar-refractivity contribution in [2.24, 2.45) is 0 Å². The summed E-state index contributed by atoms with van der Waals surface area (Å²) in [5, 5.41) is 3.76. The van der Waals surface area contributed by atoms with Gasteiger partial charge in [-0.15, -0.1) is 0 Å². The van der Waals surface area contributed by atoms with E-state index in [1.807, 2.05) is 0 Å². The zero-order chi connectivity index (χ0) is 21.5. The summed E-state index contributed by atoms with van der Waals surface area (Å²) in [6, 6.07) is 8.72. The van der Waals surface area contributed by atoms with Crippen molar-refractivity contribution in [3.05, 3.63) is 46.4 Å². The number of hydrogen-bond donors (Lipinski definition) is 1. The van der Waals surface area contributed by atoms with Crippen LogP contribution in [0.1, 0.15) is 12.8 Å². The number of anilines is 1. The molecule has 158 valence electrons. The van der Waals surface area contributed by atoms with Gasteiger partial charge in [-0.05, 0) is 49.2 Å². The number of benzene rings is 2. The Balaban J connectivity index is 1.57. The zero-order valence-electron chi connectivity index (χ0n) is 15.8. The van der Waals surface area contributed by atoms with Gasteiger partial charge in [-0.25, -0.2) is 13.4 Å². The average Bonchev–Trinajstić information content (AvgIpc) is 3.38. The summed E-state index contributed by atoms with van der Waals surface area (Å²) in [4.78, 5) is 17.4. The van der Waals surface area contributed by atoms with Gasteiger partial charge in [-0.3, -0.25) is 4.79 Å². The normalized spacial score (nSPS) is 17.4. The molecule has 1 saturated heterocycles. The third-order valence-corrected chi connectivity index (χ3v) is 8.51. The van der Waals surface area contributed by atoms with E-state index in [1.54, 1.807) is 24.3 Å². The summed E-state index contributed by atoms with van der Waals surface area (Å²) in [5.41, 5.74) is 0.499. The van der Waals surface area contributed by atoms with Crippen LogP contribution in [0.4, 0.5) is 5.13 Å². The molecule has 1 amide bonds. The number of rotatable bonds is 5. The van der Waals surface area contributed by atoms with Crippen molar-refractivity contribution in [1.29, 1.82) is 0 Å². The molecule has 1 N–H and O–H groups in total. The molecule has 7 nitrogen and oxygen atoms in total. The number of nitrogens with one attached hydrogen (secondary N) is 1. The number of sulfonamides is 1. The van der Waals surface area contributed by atoms with Crippen LogP contribution in [0.5, 0.6) is 5.75 Å². The van der Waals surface area contributed by atoms with Gasteiger partial charge in [0.15, 0.2) is 5.13 Å². The summed E-state index contributed by atoms with van der Waals surface area (Å²) in [5.74, 6) is 0.130. The van der Waals surface area contributed by atoms with Crippen LogP contribution in [0.15, 0.2) is 41.3 Å². The van der Waals surface area contributed by atoms with E-state index in [0.717, 1.165) is 4.70 Å². The average molecular weight is 486 g/mol. The molecule has 1 atom stereocenters. The van der Waals surface area contributed by atoms with Gasteiger partial charge in [0.05, 0.1) is 26.8 Å². The highest BCUT2D eigenvalue weighted by atomic mass is 35.5. The summed E-state index contributed by atoms with van der Waals surface area (Å²) in [6.07, 6.45) is 1.02. The number of halogens is 2. The van der Waals surface area contributed by atoms with E-state index in [0.29, 0.717) is 39.3 Å². The molecular formula is C19H17Cl2N3O4S2. The van der Waals surface area contributed by atoms with Crippen molar-refractivity contribution in [3.63, 3.8) is 0 Å². The maximum atomic E-state index is 13.1. The van der Waals surface area contributed by atoms with Crippen molar-refractivity contribution in [3.8, 4) is 5.75 Å². The van der Waals surface area contributed by atoms with Crippen LogP contribution in [-0.4, -0.2) is 43.3 Å². The Morgan fingerprint density at radius 2 is 1.97 bits per heavy atom. The van der Waals surface area contributed by atoms with E-state index in [2.05, 4.69) is 10.3 Å². The van der Waals surface area contributed by atoms with E-state index >= 15 is 0 Å². The molecule has 0 bridgehead atoms. The molecular weight excluding hydrogens is 469 g/mol. The molecule has 3 aromatic rings. The lowest BCUT2D eigenvalue weighted by atomic mass is 10.2. The van der Waals surface area contributed by atoms with Gasteiger partial charge in [-0.2, -0.15) is 4.31 Å². The number of methoxy groups -OCH3 is 1. The third kappa shape index (κ3) is 3.88. The summed E-state index contributed by atoms with van der Waals surface area (Å²) in [6.45, 7) is 0.272. The first-order chi connectivity index (χ1) is 14.3. The number of fused-ring (bicyclic) bond motifs is 1. The lowest BCUT2D eigenvalue weighted by Gasteiger charge is -2.23. The number of nitrogens with zero attached hydrogens (tertiary/aromatic N) is 2. The quantitative estimate of drug-likeness (QED) is 0.578. The van der Waals surface area contributed by atoms with Gasteiger partial charge >= 0.3 is 0 Å². The fraction of sp³-hybridized carbons (Fsp3) is 0.263. The second kappa shape index (κ2) is 8.32. The molecule has 11 heteroatoms. The molecule has 1 aliphatic heterocycles. The molecule has 0 radical (unpaired) electrons. The van der Waals surface area contributed by atoms with Crippen molar-refractivity contribution in [2.45, 2.75) is 23.8 Å². The lowest BCUT2D eigenvalue weighted by molar-refractivity contribution is -0.119. The first-order valence-electron chi connectivity index (χ1n) is 9.02. The topological polar surface area (TPSA) is 88.6 Å². The first-order valence-corrected chi connectivity index (χ1v) is 12.0. The molecule has 2 aromatic carbocycles. The van der Waals surface area contributed by atoms with Crippen LogP contribution in [-0.2, 0) is 14.8 Å². The maximum Gasteiger partial charge on any atom is 0.244 e. The Kier molecular flexibility index (Phi) is 5.91. The molecule has 2 heterocycles. The molecule has 0 spiro atoms. The van der Waals surface area contributed by atoms with Crippen molar-refractivity contribution in [1.82, 2.24) is 9.29 Å². The van der Waals surface area contributed by atoms with Crippen LogP contribution >= 0.6 is 34.5 Å². The van der Waals surface area contributed by atoms with E-state index < -0.39 is 22.0 Å². The van der Waals surface area contributed by atoms with Gasteiger partial charge in [0.25, 0.3) is 0 Å². The predicted octanol–water partition coefficient (Wildman–Crippen LogP) is 4.40. The Labute approximate surface area is 187 Å². The molecule has 1 unspecified atom stereocenters. The SMILES string of the molecule is COc1ccc(S(=O)(=O)N2CCCC2C(=O)Nc2nc3c(Cl)c(Cl)ccc3s2)cc1. The second-order valence-electron chi connectivity index (χ2n) is 6.67. The van der Waals surface area contributed by atoms with E-state index in [9.17, 15) is 13.2 Å². The lowest BCUT2D eigenvalue weighted by Crippen LogP contribution is -2.43. The Morgan fingerprint density at radius 1 is 1.23 bits per heavy atom. The fourth-order valence-corrected chi connectivity index (χ4v) is 6.30. The largest absolute Gasteiger partial charge is 0.497 e. The van der Waals surface area contributed by atoms with Gasteiger partial charge < -0.3 is 10.1 Å². The number of carbonyl (C=O) groups excluding carboxylic acids is 1. The summed E-state index contributed by atoms with van der Waals surface area (Å²) in [7, 11) is -2.32. The highest BCUT2D eigenvalue weighted by molar-refractivity contribution is 7.89. The van der Waals surface area contributed by atoms with Gasteiger partial charge in [0.1, 0.15) is 17.3 Å². The molecule has 0 aliphatic carbocycles. The van der Waals surface area contributed by atoms with Crippen LogP contribution in [0.3, 0.4) is 0 Å². The van der Waals surface area contributed by atoms with Crippen LogP contribution in [0.25, 0.3) is 10.2 Å². The van der Waals surface area contributed by atoms with Gasteiger partial charge in [0.2, 0.25) is 15.9 Å². The van der Waals surface area contributed by atoms with Crippen molar-refractivity contribution >= 4 is 65.8 Å². The standard InChI is InChI=1S/C19H17Cl2N3O4S2/c1-28-11-4-6-12(7-5-11)30(26,27)24-10-2-3-14(24)18(25)23-19-22-17-15(29-19)9-8-13(20)16(17)21/h4-9,14H,2-3,10H2,1H3,(H,22,23,25). The maximum absolute atomic E-state index is 13.1. The van der Waals surface area contributed by atoms with Crippen LogP contribution in [0, 0.1) is 0 Å². The molecule has 0 saturated carbocycles. The minimum Gasteiger partial charge on any atom is -0.497 e. The Bertz CT molecular complexity index is 1210. The highest BCUT2D eigenvalue weighted by Gasteiger charge is 2.39. The minimum atomic E-state index is -3.83. The van der Waals surface area contributed by atoms with Gasteiger partial charge in [0, 0.05) is 6.54 Å². The number of carbonyl (C=O) groups is 1. The molecule has 4 rings (SSSR count).